The monoisotopic (exact) mass is 220 g/mol. The molecule has 1 heterocycles. The molecule has 0 aliphatic rings. The van der Waals surface area contributed by atoms with E-state index in [1.165, 1.54) is 10.9 Å². The molecule has 0 unspecified atom stereocenters. The molecule has 0 radical (unpaired) electrons. The van der Waals surface area contributed by atoms with E-state index in [0.717, 1.165) is 0 Å². The number of nitrogens with zero attached hydrogens (tertiary/aromatic N) is 3. The third kappa shape index (κ3) is 3.27. The summed E-state index contributed by atoms with van der Waals surface area (Å²) < 4.78 is 1.51. The largest absolute Gasteiger partial charge is 0.396 e. The number of aromatic nitrogens is 2. The Labute approximate surface area is 94.8 Å². The fourth-order valence-electron chi connectivity index (χ4n) is 1.29. The Kier molecular flexibility index (Phi) is 4.32. The highest BCUT2D eigenvalue weighted by molar-refractivity contribution is 5.76. The van der Waals surface area contributed by atoms with Gasteiger partial charge in [0.2, 0.25) is 5.91 Å². The lowest BCUT2D eigenvalue weighted by atomic mass is 10.4. The van der Waals surface area contributed by atoms with Crippen LogP contribution in [0.25, 0.3) is 0 Å². The summed E-state index contributed by atoms with van der Waals surface area (Å²) in [5.41, 5.74) is 6.06. The molecule has 0 saturated carbocycles. The van der Waals surface area contributed by atoms with Crippen molar-refractivity contribution < 1.29 is 4.79 Å². The molecule has 1 aromatic heterocycles. The number of nitrogen functional groups attached to an aromatic ring is 1. The predicted molar refractivity (Wildman–Crippen MR) is 63.6 cm³/mol. The molecule has 5 heteroatoms. The first-order valence-electron chi connectivity index (χ1n) is 4.95. The SMILES string of the molecule is C=CCN(CC=C)C(=O)Cn1cc(N)cn1. The normalized spacial score (nSPS) is 9.75. The quantitative estimate of drug-likeness (QED) is 0.716. The zero-order valence-corrected chi connectivity index (χ0v) is 9.17. The Morgan fingerprint density at radius 1 is 1.50 bits per heavy atom. The van der Waals surface area contributed by atoms with Crippen molar-refractivity contribution in [2.24, 2.45) is 0 Å². The van der Waals surface area contributed by atoms with Gasteiger partial charge in [-0.3, -0.25) is 9.48 Å². The molecule has 1 rings (SSSR count). The summed E-state index contributed by atoms with van der Waals surface area (Å²) in [7, 11) is 0. The van der Waals surface area contributed by atoms with E-state index in [1.807, 2.05) is 0 Å². The van der Waals surface area contributed by atoms with Crippen molar-refractivity contribution in [2.45, 2.75) is 6.54 Å². The molecular weight excluding hydrogens is 204 g/mol. The third-order valence-corrected chi connectivity index (χ3v) is 2.00. The number of anilines is 1. The molecule has 0 bridgehead atoms. The number of nitrogens with two attached hydrogens (primary N) is 1. The molecule has 0 atom stereocenters. The molecule has 0 aliphatic heterocycles. The standard InChI is InChI=1S/C11H16N4O/c1-3-5-14(6-4-2)11(16)9-15-8-10(12)7-13-15/h3-4,7-8H,1-2,5-6,9,12H2. The molecule has 0 aliphatic carbocycles. The minimum absolute atomic E-state index is 0.0390. The number of carbonyl (C=O) groups excluding carboxylic acids is 1. The maximum Gasteiger partial charge on any atom is 0.244 e. The maximum atomic E-state index is 11.8. The van der Waals surface area contributed by atoms with Crippen LogP contribution in [0.5, 0.6) is 0 Å². The van der Waals surface area contributed by atoms with Crippen molar-refractivity contribution >= 4 is 11.6 Å². The van der Waals surface area contributed by atoms with E-state index in [9.17, 15) is 4.79 Å². The van der Waals surface area contributed by atoms with Crippen molar-refractivity contribution in [1.82, 2.24) is 14.7 Å². The molecule has 1 aromatic rings. The molecular formula is C11H16N4O. The lowest BCUT2D eigenvalue weighted by Gasteiger charge is -2.18. The van der Waals surface area contributed by atoms with E-state index in [4.69, 9.17) is 5.73 Å². The van der Waals surface area contributed by atoms with Crippen LogP contribution in [0.4, 0.5) is 5.69 Å². The van der Waals surface area contributed by atoms with Crippen LogP contribution in [0, 0.1) is 0 Å². The Morgan fingerprint density at radius 2 is 2.12 bits per heavy atom. The number of rotatable bonds is 6. The highest BCUT2D eigenvalue weighted by Crippen LogP contribution is 2.00. The summed E-state index contributed by atoms with van der Waals surface area (Å²) in [5.74, 6) is -0.0390. The lowest BCUT2D eigenvalue weighted by Crippen LogP contribution is -2.34. The van der Waals surface area contributed by atoms with E-state index < -0.39 is 0 Å². The van der Waals surface area contributed by atoms with Gasteiger partial charge in [-0.1, -0.05) is 12.2 Å². The van der Waals surface area contributed by atoms with Crippen LogP contribution < -0.4 is 5.73 Å². The number of hydrogen-bond acceptors (Lipinski definition) is 3. The fourth-order valence-corrected chi connectivity index (χ4v) is 1.29. The Hall–Kier alpha value is -2.04. The van der Waals surface area contributed by atoms with Gasteiger partial charge in [-0.15, -0.1) is 13.2 Å². The van der Waals surface area contributed by atoms with Gasteiger partial charge < -0.3 is 10.6 Å². The fraction of sp³-hybridized carbons (Fsp3) is 0.273. The van der Waals surface area contributed by atoms with Gasteiger partial charge in [-0.25, -0.2) is 0 Å². The first-order valence-corrected chi connectivity index (χ1v) is 4.95. The molecule has 0 spiro atoms. The Morgan fingerprint density at radius 3 is 2.56 bits per heavy atom. The zero-order valence-electron chi connectivity index (χ0n) is 9.17. The summed E-state index contributed by atoms with van der Waals surface area (Å²) in [5, 5.41) is 3.95. The van der Waals surface area contributed by atoms with Gasteiger partial charge in [0, 0.05) is 19.3 Å². The summed E-state index contributed by atoms with van der Waals surface area (Å²) in [6.07, 6.45) is 6.49. The Balaban J connectivity index is 2.60. The van der Waals surface area contributed by atoms with Crippen LogP contribution in [0.1, 0.15) is 0 Å². The molecule has 16 heavy (non-hydrogen) atoms. The van der Waals surface area contributed by atoms with Gasteiger partial charge in [0.1, 0.15) is 6.54 Å². The first-order chi connectivity index (χ1) is 7.67. The van der Waals surface area contributed by atoms with Crippen LogP contribution in [0.15, 0.2) is 37.7 Å². The maximum absolute atomic E-state index is 11.8. The second kappa shape index (κ2) is 5.75. The molecule has 0 aromatic carbocycles. The van der Waals surface area contributed by atoms with E-state index >= 15 is 0 Å². The van der Waals surface area contributed by atoms with Crippen LogP contribution in [-0.2, 0) is 11.3 Å². The molecule has 0 fully saturated rings. The first kappa shape index (κ1) is 12.0. The lowest BCUT2D eigenvalue weighted by molar-refractivity contribution is -0.131. The summed E-state index contributed by atoms with van der Waals surface area (Å²) in [6.45, 7) is 8.39. The van der Waals surface area contributed by atoms with E-state index in [0.29, 0.717) is 18.8 Å². The third-order valence-electron chi connectivity index (χ3n) is 2.00. The van der Waals surface area contributed by atoms with Crippen LogP contribution in [-0.4, -0.2) is 33.7 Å². The molecule has 2 N–H and O–H groups in total. The number of amides is 1. The predicted octanol–water partition coefficient (Wildman–Crippen LogP) is 0.666. The second-order valence-electron chi connectivity index (χ2n) is 3.35. The highest BCUT2D eigenvalue weighted by Gasteiger charge is 2.11. The van der Waals surface area contributed by atoms with Crippen molar-refractivity contribution in [2.75, 3.05) is 18.8 Å². The van der Waals surface area contributed by atoms with Crippen LogP contribution >= 0.6 is 0 Å². The topological polar surface area (TPSA) is 64.2 Å². The zero-order chi connectivity index (χ0) is 12.0. The summed E-state index contributed by atoms with van der Waals surface area (Å²) >= 11 is 0. The number of carbonyl (C=O) groups is 1. The van der Waals surface area contributed by atoms with Crippen molar-refractivity contribution in [3.8, 4) is 0 Å². The minimum Gasteiger partial charge on any atom is -0.396 e. The van der Waals surface area contributed by atoms with Gasteiger partial charge >= 0.3 is 0 Å². The van der Waals surface area contributed by atoms with Crippen molar-refractivity contribution in [3.63, 3.8) is 0 Å². The van der Waals surface area contributed by atoms with E-state index in [-0.39, 0.29) is 12.5 Å². The van der Waals surface area contributed by atoms with Gasteiger partial charge in [0.15, 0.2) is 0 Å². The molecule has 0 saturated heterocycles. The Bertz CT molecular complexity index is 373. The van der Waals surface area contributed by atoms with Crippen molar-refractivity contribution in [1.29, 1.82) is 0 Å². The second-order valence-corrected chi connectivity index (χ2v) is 3.35. The van der Waals surface area contributed by atoms with E-state index in [1.54, 1.807) is 23.2 Å². The van der Waals surface area contributed by atoms with Crippen LogP contribution in [0.2, 0.25) is 0 Å². The molecule has 5 nitrogen and oxygen atoms in total. The summed E-state index contributed by atoms with van der Waals surface area (Å²) in [4.78, 5) is 13.5. The van der Waals surface area contributed by atoms with Crippen LogP contribution in [0.3, 0.4) is 0 Å². The van der Waals surface area contributed by atoms with Gasteiger partial charge in [-0.05, 0) is 0 Å². The molecule has 86 valence electrons. The smallest absolute Gasteiger partial charge is 0.244 e. The van der Waals surface area contributed by atoms with Crippen molar-refractivity contribution in [3.05, 3.63) is 37.7 Å². The average Bonchev–Trinajstić information content (AvgIpc) is 2.63. The van der Waals surface area contributed by atoms with E-state index in [2.05, 4.69) is 18.3 Å². The number of hydrogen-bond donors (Lipinski definition) is 1. The summed E-state index contributed by atoms with van der Waals surface area (Å²) in [6, 6.07) is 0. The average molecular weight is 220 g/mol. The minimum atomic E-state index is -0.0390. The molecule has 1 amide bonds. The van der Waals surface area contributed by atoms with Gasteiger partial charge in [0.05, 0.1) is 11.9 Å². The van der Waals surface area contributed by atoms with Gasteiger partial charge in [0.25, 0.3) is 0 Å². The van der Waals surface area contributed by atoms with Gasteiger partial charge in [-0.2, -0.15) is 5.10 Å². The highest BCUT2D eigenvalue weighted by atomic mass is 16.2.